The van der Waals surface area contributed by atoms with Gasteiger partial charge in [-0.3, -0.25) is 14.3 Å². The van der Waals surface area contributed by atoms with Crippen molar-refractivity contribution in [3.05, 3.63) is 18.0 Å². The van der Waals surface area contributed by atoms with Crippen molar-refractivity contribution in [2.24, 2.45) is 23.2 Å². The van der Waals surface area contributed by atoms with Crippen LogP contribution >= 0.6 is 0 Å². The Hall–Kier alpha value is -1.89. The number of fused-ring (bicyclic) bond motifs is 1. The SMILES string of the molecule is COCCNC(=O)C1CN(C(=O)C23CC4CC(CC(C4)C2)C3)Cc2ccnn21. The molecule has 6 rings (SSSR count). The number of hydrogen-bond acceptors (Lipinski definition) is 4. The summed E-state index contributed by atoms with van der Waals surface area (Å²) in [6, 6.07) is 1.46. The molecule has 0 aromatic carbocycles. The largest absolute Gasteiger partial charge is 0.383 e. The zero-order valence-corrected chi connectivity index (χ0v) is 16.6. The van der Waals surface area contributed by atoms with Gasteiger partial charge in [0.2, 0.25) is 11.8 Å². The molecule has 4 bridgehead atoms. The summed E-state index contributed by atoms with van der Waals surface area (Å²) < 4.78 is 6.81. The van der Waals surface area contributed by atoms with Crippen molar-refractivity contribution in [2.75, 3.05) is 26.8 Å². The number of hydrogen-bond donors (Lipinski definition) is 1. The topological polar surface area (TPSA) is 76.5 Å². The predicted octanol–water partition coefficient (Wildman–Crippen LogP) is 1.75. The molecule has 4 fully saturated rings. The second-order valence-corrected chi connectivity index (χ2v) is 9.45. The van der Waals surface area contributed by atoms with Crippen LogP contribution in [0.2, 0.25) is 0 Å². The van der Waals surface area contributed by atoms with Crippen LogP contribution < -0.4 is 5.32 Å². The van der Waals surface area contributed by atoms with E-state index in [1.165, 1.54) is 19.3 Å². The molecule has 28 heavy (non-hydrogen) atoms. The Morgan fingerprint density at radius 3 is 2.54 bits per heavy atom. The van der Waals surface area contributed by atoms with Crippen LogP contribution in [-0.4, -0.2) is 53.3 Å². The minimum atomic E-state index is -0.464. The third-order valence-corrected chi connectivity index (χ3v) is 7.48. The fourth-order valence-electron chi connectivity index (χ4n) is 6.74. The number of carbonyl (C=O) groups is 2. The van der Waals surface area contributed by atoms with Crippen LogP contribution in [0.15, 0.2) is 12.3 Å². The molecule has 1 atom stereocenters. The number of nitrogens with one attached hydrogen (secondary N) is 1. The third kappa shape index (κ3) is 2.95. The van der Waals surface area contributed by atoms with Gasteiger partial charge in [0.05, 0.1) is 30.8 Å². The summed E-state index contributed by atoms with van der Waals surface area (Å²) in [6.07, 6.45) is 8.86. The normalized spacial score (nSPS) is 35.7. The fourth-order valence-corrected chi connectivity index (χ4v) is 6.74. The van der Waals surface area contributed by atoms with E-state index < -0.39 is 6.04 Å². The molecular weight excluding hydrogens is 356 g/mol. The molecule has 1 N–H and O–H groups in total. The van der Waals surface area contributed by atoms with Gasteiger partial charge in [-0.05, 0) is 62.3 Å². The molecular formula is C21H30N4O3. The van der Waals surface area contributed by atoms with Crippen molar-refractivity contribution in [2.45, 2.75) is 51.1 Å². The summed E-state index contributed by atoms with van der Waals surface area (Å²) >= 11 is 0. The van der Waals surface area contributed by atoms with Crippen molar-refractivity contribution in [1.29, 1.82) is 0 Å². The van der Waals surface area contributed by atoms with E-state index in [2.05, 4.69) is 10.4 Å². The first-order valence-electron chi connectivity index (χ1n) is 10.7. The Labute approximate surface area is 165 Å². The van der Waals surface area contributed by atoms with Crippen molar-refractivity contribution >= 4 is 11.8 Å². The lowest BCUT2D eigenvalue weighted by atomic mass is 9.49. The van der Waals surface area contributed by atoms with E-state index in [1.807, 2.05) is 11.0 Å². The highest BCUT2D eigenvalue weighted by Gasteiger charge is 2.56. The Kier molecular flexibility index (Phi) is 4.45. The quantitative estimate of drug-likeness (QED) is 0.782. The van der Waals surface area contributed by atoms with Gasteiger partial charge in [-0.25, -0.2) is 0 Å². The molecule has 1 aromatic heterocycles. The van der Waals surface area contributed by atoms with Crippen molar-refractivity contribution in [1.82, 2.24) is 20.0 Å². The summed E-state index contributed by atoms with van der Waals surface area (Å²) in [7, 11) is 1.62. The number of nitrogens with zero attached hydrogens (tertiary/aromatic N) is 3. The van der Waals surface area contributed by atoms with Crippen molar-refractivity contribution in [3.8, 4) is 0 Å². The minimum absolute atomic E-state index is 0.0926. The molecule has 7 nitrogen and oxygen atoms in total. The average molecular weight is 386 g/mol. The van der Waals surface area contributed by atoms with Crippen molar-refractivity contribution in [3.63, 3.8) is 0 Å². The summed E-state index contributed by atoms with van der Waals surface area (Å²) in [5.74, 6) is 2.40. The highest BCUT2D eigenvalue weighted by Crippen LogP contribution is 2.60. The van der Waals surface area contributed by atoms with Gasteiger partial charge in [-0.1, -0.05) is 0 Å². The fraction of sp³-hybridized carbons (Fsp3) is 0.762. The number of amides is 2. The van der Waals surface area contributed by atoms with Crippen LogP contribution in [0, 0.1) is 23.2 Å². The van der Waals surface area contributed by atoms with E-state index >= 15 is 0 Å². The van der Waals surface area contributed by atoms with E-state index in [4.69, 9.17) is 4.74 Å². The number of rotatable bonds is 5. The van der Waals surface area contributed by atoms with Crippen LogP contribution in [0.25, 0.3) is 0 Å². The molecule has 1 unspecified atom stereocenters. The second-order valence-electron chi connectivity index (χ2n) is 9.45. The van der Waals surface area contributed by atoms with Crippen LogP contribution in [0.1, 0.15) is 50.3 Å². The van der Waals surface area contributed by atoms with Gasteiger partial charge in [0.1, 0.15) is 6.04 Å². The zero-order chi connectivity index (χ0) is 19.3. The number of methoxy groups -OCH3 is 1. The lowest BCUT2D eigenvalue weighted by Gasteiger charge is -2.57. The van der Waals surface area contributed by atoms with Gasteiger partial charge < -0.3 is 15.0 Å². The van der Waals surface area contributed by atoms with Gasteiger partial charge in [-0.15, -0.1) is 0 Å². The monoisotopic (exact) mass is 386 g/mol. The maximum atomic E-state index is 13.8. The van der Waals surface area contributed by atoms with Crippen LogP contribution in [0.4, 0.5) is 0 Å². The molecule has 152 valence electrons. The number of carbonyl (C=O) groups excluding carboxylic acids is 2. The summed E-state index contributed by atoms with van der Waals surface area (Å²) in [5, 5.41) is 7.28. The first-order chi connectivity index (χ1) is 13.6. The molecule has 0 spiro atoms. The Morgan fingerprint density at radius 1 is 1.21 bits per heavy atom. The second kappa shape index (κ2) is 6.87. The first-order valence-corrected chi connectivity index (χ1v) is 10.7. The molecule has 0 radical (unpaired) electrons. The highest BCUT2D eigenvalue weighted by atomic mass is 16.5. The maximum absolute atomic E-state index is 13.8. The van der Waals surface area contributed by atoms with E-state index in [1.54, 1.807) is 18.0 Å². The van der Waals surface area contributed by atoms with Crippen molar-refractivity contribution < 1.29 is 14.3 Å². The molecule has 5 aliphatic rings. The lowest BCUT2D eigenvalue weighted by Crippen LogP contribution is -2.57. The lowest BCUT2D eigenvalue weighted by molar-refractivity contribution is -0.160. The number of aromatic nitrogens is 2. The van der Waals surface area contributed by atoms with Gasteiger partial charge in [0, 0.05) is 19.9 Å². The molecule has 7 heteroatoms. The molecule has 4 aliphatic carbocycles. The third-order valence-electron chi connectivity index (χ3n) is 7.48. The van der Waals surface area contributed by atoms with Gasteiger partial charge >= 0.3 is 0 Å². The van der Waals surface area contributed by atoms with Gasteiger partial charge in [-0.2, -0.15) is 5.10 Å². The van der Waals surface area contributed by atoms with Crippen LogP contribution in [-0.2, 0) is 20.9 Å². The molecule has 1 aliphatic heterocycles. The molecule has 2 amide bonds. The Morgan fingerprint density at radius 2 is 1.89 bits per heavy atom. The van der Waals surface area contributed by atoms with E-state index in [-0.39, 0.29) is 17.2 Å². The summed E-state index contributed by atoms with van der Waals surface area (Å²) in [6.45, 7) is 1.90. The van der Waals surface area contributed by atoms with E-state index in [9.17, 15) is 9.59 Å². The molecule has 2 heterocycles. The predicted molar refractivity (Wildman–Crippen MR) is 102 cm³/mol. The minimum Gasteiger partial charge on any atom is -0.383 e. The van der Waals surface area contributed by atoms with E-state index in [0.29, 0.717) is 26.2 Å². The van der Waals surface area contributed by atoms with Crippen LogP contribution in [0.3, 0.4) is 0 Å². The maximum Gasteiger partial charge on any atom is 0.246 e. The zero-order valence-electron chi connectivity index (χ0n) is 16.6. The number of ether oxygens (including phenoxy) is 1. The summed E-state index contributed by atoms with van der Waals surface area (Å²) in [5.41, 5.74) is 0.768. The Bertz CT molecular complexity index is 738. The summed E-state index contributed by atoms with van der Waals surface area (Å²) in [4.78, 5) is 28.5. The first kappa shape index (κ1) is 18.2. The molecule has 0 saturated heterocycles. The Balaban J connectivity index is 1.36. The van der Waals surface area contributed by atoms with Crippen LogP contribution in [0.5, 0.6) is 0 Å². The van der Waals surface area contributed by atoms with E-state index in [0.717, 1.165) is 42.7 Å². The van der Waals surface area contributed by atoms with Gasteiger partial charge in [0.15, 0.2) is 0 Å². The van der Waals surface area contributed by atoms with Gasteiger partial charge in [0.25, 0.3) is 0 Å². The molecule has 4 saturated carbocycles. The molecule has 1 aromatic rings. The average Bonchev–Trinajstić information content (AvgIpc) is 3.14. The highest BCUT2D eigenvalue weighted by molar-refractivity contribution is 5.86. The smallest absolute Gasteiger partial charge is 0.246 e. The standard InChI is InChI=1S/C21H30N4O3/c1-28-5-4-22-19(26)18-13-24(12-17-2-3-23-25(17)18)20(27)21-9-14-6-15(10-21)8-16(7-14)11-21/h2-3,14-16,18H,4-13H2,1H3,(H,22,26).